The Morgan fingerprint density at radius 1 is 1.21 bits per heavy atom. The molecule has 0 aromatic heterocycles. The molecule has 0 aromatic carbocycles. The standard InChI is InChI=1S/C13H25N/c1-13(2,3)9-12(10-14)11-7-5-4-6-8-11/h9,11H,4-8,10,14H2,1-3H3. The van der Waals surface area contributed by atoms with Gasteiger partial charge in [0.05, 0.1) is 0 Å². The van der Waals surface area contributed by atoms with Gasteiger partial charge in [0.1, 0.15) is 0 Å². The molecule has 0 heterocycles. The highest BCUT2D eigenvalue weighted by atomic mass is 14.5. The van der Waals surface area contributed by atoms with Gasteiger partial charge in [0, 0.05) is 6.54 Å². The fraction of sp³-hybridized carbons (Fsp3) is 0.846. The SMILES string of the molecule is CC(C)(C)C=C(CN)C1CCCCC1. The van der Waals surface area contributed by atoms with Crippen molar-refractivity contribution in [3.63, 3.8) is 0 Å². The van der Waals surface area contributed by atoms with Gasteiger partial charge in [-0.3, -0.25) is 0 Å². The minimum atomic E-state index is 0.284. The summed E-state index contributed by atoms with van der Waals surface area (Å²) in [7, 11) is 0. The van der Waals surface area contributed by atoms with E-state index < -0.39 is 0 Å². The fourth-order valence-corrected chi connectivity index (χ4v) is 2.37. The van der Waals surface area contributed by atoms with E-state index in [1.165, 1.54) is 37.7 Å². The Morgan fingerprint density at radius 3 is 2.21 bits per heavy atom. The predicted octanol–water partition coefficient (Wildman–Crippen LogP) is 3.50. The molecule has 1 saturated carbocycles. The molecule has 0 aliphatic heterocycles. The Kier molecular flexibility index (Phi) is 4.18. The smallest absolute Gasteiger partial charge is 0.0139 e. The molecule has 0 radical (unpaired) electrons. The average molecular weight is 195 g/mol. The minimum Gasteiger partial charge on any atom is -0.327 e. The second-order valence-electron chi connectivity index (χ2n) is 5.62. The van der Waals surface area contributed by atoms with Crippen molar-refractivity contribution in [1.82, 2.24) is 0 Å². The molecule has 0 unspecified atom stereocenters. The van der Waals surface area contributed by atoms with Gasteiger partial charge in [0.25, 0.3) is 0 Å². The van der Waals surface area contributed by atoms with Crippen molar-refractivity contribution in [2.75, 3.05) is 6.54 Å². The minimum absolute atomic E-state index is 0.284. The van der Waals surface area contributed by atoms with Crippen LogP contribution in [0.1, 0.15) is 52.9 Å². The molecule has 0 spiro atoms. The van der Waals surface area contributed by atoms with E-state index in [9.17, 15) is 0 Å². The van der Waals surface area contributed by atoms with Crippen LogP contribution >= 0.6 is 0 Å². The molecule has 1 rings (SSSR count). The van der Waals surface area contributed by atoms with Gasteiger partial charge in [-0.05, 0) is 24.2 Å². The summed E-state index contributed by atoms with van der Waals surface area (Å²) in [6.45, 7) is 7.52. The summed E-state index contributed by atoms with van der Waals surface area (Å²) in [4.78, 5) is 0. The van der Waals surface area contributed by atoms with Gasteiger partial charge in [-0.1, -0.05) is 51.7 Å². The Bertz CT molecular complexity index is 192. The molecule has 2 N–H and O–H groups in total. The van der Waals surface area contributed by atoms with Crippen LogP contribution in [0.3, 0.4) is 0 Å². The monoisotopic (exact) mass is 195 g/mol. The van der Waals surface area contributed by atoms with Gasteiger partial charge in [0.15, 0.2) is 0 Å². The second-order valence-corrected chi connectivity index (χ2v) is 5.62. The first-order valence-electron chi connectivity index (χ1n) is 5.94. The van der Waals surface area contributed by atoms with E-state index in [-0.39, 0.29) is 5.41 Å². The van der Waals surface area contributed by atoms with E-state index in [1.807, 2.05) is 0 Å². The Hall–Kier alpha value is -0.300. The number of hydrogen-bond donors (Lipinski definition) is 1. The zero-order valence-corrected chi connectivity index (χ0v) is 9.97. The summed E-state index contributed by atoms with van der Waals surface area (Å²) in [6.07, 6.45) is 9.32. The van der Waals surface area contributed by atoms with Crippen LogP contribution in [0.15, 0.2) is 11.6 Å². The van der Waals surface area contributed by atoms with E-state index in [0.29, 0.717) is 0 Å². The van der Waals surface area contributed by atoms with Crippen molar-refractivity contribution in [2.24, 2.45) is 17.1 Å². The van der Waals surface area contributed by atoms with Crippen LogP contribution in [0.2, 0.25) is 0 Å². The maximum atomic E-state index is 5.84. The van der Waals surface area contributed by atoms with Crippen LogP contribution in [-0.2, 0) is 0 Å². The van der Waals surface area contributed by atoms with Crippen molar-refractivity contribution in [3.05, 3.63) is 11.6 Å². The maximum absolute atomic E-state index is 5.84. The molecular formula is C13H25N. The van der Waals surface area contributed by atoms with Crippen LogP contribution in [0, 0.1) is 11.3 Å². The van der Waals surface area contributed by atoms with Crippen LogP contribution in [0.5, 0.6) is 0 Å². The number of nitrogens with two attached hydrogens (primary N) is 1. The van der Waals surface area contributed by atoms with Crippen molar-refractivity contribution >= 4 is 0 Å². The van der Waals surface area contributed by atoms with E-state index in [0.717, 1.165) is 12.5 Å². The number of hydrogen-bond acceptors (Lipinski definition) is 1. The van der Waals surface area contributed by atoms with Gasteiger partial charge in [-0.15, -0.1) is 0 Å². The predicted molar refractivity (Wildman–Crippen MR) is 63.2 cm³/mol. The molecule has 1 aliphatic carbocycles. The summed E-state index contributed by atoms with van der Waals surface area (Å²) in [6, 6.07) is 0. The lowest BCUT2D eigenvalue weighted by molar-refractivity contribution is 0.392. The largest absolute Gasteiger partial charge is 0.327 e. The molecule has 0 saturated heterocycles. The molecule has 0 amide bonds. The zero-order chi connectivity index (χ0) is 10.6. The first-order chi connectivity index (χ1) is 6.53. The van der Waals surface area contributed by atoms with Crippen LogP contribution in [0.4, 0.5) is 0 Å². The van der Waals surface area contributed by atoms with E-state index in [2.05, 4.69) is 26.8 Å². The Morgan fingerprint density at radius 2 is 1.79 bits per heavy atom. The molecule has 0 aromatic rings. The Labute approximate surface area is 88.8 Å². The summed E-state index contributed by atoms with van der Waals surface area (Å²) in [5, 5.41) is 0. The molecule has 1 fully saturated rings. The molecule has 0 atom stereocenters. The highest BCUT2D eigenvalue weighted by molar-refractivity contribution is 5.12. The molecule has 1 nitrogen and oxygen atoms in total. The zero-order valence-electron chi connectivity index (χ0n) is 9.97. The maximum Gasteiger partial charge on any atom is 0.0139 e. The fourth-order valence-electron chi connectivity index (χ4n) is 2.37. The van der Waals surface area contributed by atoms with Gasteiger partial charge >= 0.3 is 0 Å². The third-order valence-electron chi connectivity index (χ3n) is 2.98. The molecular weight excluding hydrogens is 170 g/mol. The van der Waals surface area contributed by atoms with E-state index >= 15 is 0 Å². The number of allylic oxidation sites excluding steroid dienone is 1. The quantitative estimate of drug-likeness (QED) is 0.671. The molecule has 1 aliphatic rings. The topological polar surface area (TPSA) is 26.0 Å². The normalized spacial score (nSPS) is 21.3. The molecule has 14 heavy (non-hydrogen) atoms. The highest BCUT2D eigenvalue weighted by Crippen LogP contribution is 2.31. The summed E-state index contributed by atoms with van der Waals surface area (Å²) in [5.74, 6) is 0.785. The van der Waals surface area contributed by atoms with Gasteiger partial charge in [-0.2, -0.15) is 0 Å². The van der Waals surface area contributed by atoms with Crippen molar-refractivity contribution in [3.8, 4) is 0 Å². The average Bonchev–Trinajstić information content (AvgIpc) is 2.14. The number of rotatable bonds is 2. The first-order valence-corrected chi connectivity index (χ1v) is 5.94. The summed E-state index contributed by atoms with van der Waals surface area (Å²) in [5.41, 5.74) is 7.62. The third kappa shape index (κ3) is 3.83. The highest BCUT2D eigenvalue weighted by Gasteiger charge is 2.18. The summed E-state index contributed by atoms with van der Waals surface area (Å²) >= 11 is 0. The first kappa shape index (κ1) is 11.8. The molecule has 1 heteroatoms. The second kappa shape index (κ2) is 4.97. The van der Waals surface area contributed by atoms with Gasteiger partial charge in [0.2, 0.25) is 0 Å². The lowest BCUT2D eigenvalue weighted by Crippen LogP contribution is -2.18. The van der Waals surface area contributed by atoms with E-state index in [4.69, 9.17) is 5.73 Å². The summed E-state index contributed by atoms with van der Waals surface area (Å²) < 4.78 is 0. The molecule has 82 valence electrons. The van der Waals surface area contributed by atoms with Crippen molar-refractivity contribution in [2.45, 2.75) is 52.9 Å². The lowest BCUT2D eigenvalue weighted by Gasteiger charge is -2.26. The lowest BCUT2D eigenvalue weighted by atomic mass is 9.80. The van der Waals surface area contributed by atoms with Gasteiger partial charge in [-0.25, -0.2) is 0 Å². The van der Waals surface area contributed by atoms with Crippen molar-refractivity contribution in [1.29, 1.82) is 0 Å². The van der Waals surface area contributed by atoms with Crippen LogP contribution < -0.4 is 5.73 Å². The van der Waals surface area contributed by atoms with E-state index in [1.54, 1.807) is 0 Å². The third-order valence-corrected chi connectivity index (χ3v) is 2.98. The van der Waals surface area contributed by atoms with Crippen LogP contribution in [0.25, 0.3) is 0 Å². The molecule has 0 bridgehead atoms. The van der Waals surface area contributed by atoms with Crippen LogP contribution in [-0.4, -0.2) is 6.54 Å². The van der Waals surface area contributed by atoms with Crippen molar-refractivity contribution < 1.29 is 0 Å². The Balaban J connectivity index is 2.64. The van der Waals surface area contributed by atoms with Gasteiger partial charge < -0.3 is 5.73 Å².